The number of amides is 2. The minimum Gasteiger partial charge on any atom is -0.493 e. The maximum atomic E-state index is 12.6. The first-order valence-electron chi connectivity index (χ1n) is 9.70. The summed E-state index contributed by atoms with van der Waals surface area (Å²) in [4.78, 5) is 24.5. The van der Waals surface area contributed by atoms with Gasteiger partial charge in [0.25, 0.3) is 5.91 Å². The molecule has 0 heterocycles. The fourth-order valence-corrected chi connectivity index (χ4v) is 3.62. The molecule has 0 saturated heterocycles. The summed E-state index contributed by atoms with van der Waals surface area (Å²) >= 11 is 6.24. The van der Waals surface area contributed by atoms with Crippen molar-refractivity contribution in [3.8, 4) is 11.5 Å². The number of carbonyl (C=O) groups is 2. The van der Waals surface area contributed by atoms with Crippen molar-refractivity contribution >= 4 is 29.1 Å². The molecule has 0 radical (unpaired) electrons. The molecule has 0 aliphatic heterocycles. The molecule has 6 nitrogen and oxygen atoms in total. The molecule has 0 aromatic heterocycles. The Balaban J connectivity index is 1.37. The lowest BCUT2D eigenvalue weighted by atomic mass is 10.1. The smallest absolute Gasteiger partial charge is 0.258 e. The minimum absolute atomic E-state index is 0.0579. The van der Waals surface area contributed by atoms with Gasteiger partial charge in [-0.15, -0.1) is 0 Å². The Morgan fingerprint density at radius 2 is 1.93 bits per heavy atom. The van der Waals surface area contributed by atoms with Crippen LogP contribution >= 0.6 is 11.6 Å². The lowest BCUT2D eigenvalue weighted by molar-refractivity contribution is -0.123. The number of ether oxygens (including phenoxy) is 2. The first-order valence-corrected chi connectivity index (χ1v) is 10.1. The summed E-state index contributed by atoms with van der Waals surface area (Å²) in [6, 6.07) is 13.0. The van der Waals surface area contributed by atoms with E-state index >= 15 is 0 Å². The van der Waals surface area contributed by atoms with Gasteiger partial charge < -0.3 is 20.1 Å². The maximum absolute atomic E-state index is 12.6. The minimum atomic E-state index is -0.162. The van der Waals surface area contributed by atoms with Gasteiger partial charge in [-0.05, 0) is 48.9 Å². The molecule has 2 aliphatic carbocycles. The fraction of sp³-hybridized carbons (Fsp3) is 0.364. The third-order valence-corrected chi connectivity index (χ3v) is 5.51. The van der Waals surface area contributed by atoms with Gasteiger partial charge in [-0.2, -0.15) is 0 Å². The normalized spacial score (nSPS) is 19.9. The molecule has 2 aromatic rings. The summed E-state index contributed by atoms with van der Waals surface area (Å²) in [6.07, 6.45) is 2.82. The maximum Gasteiger partial charge on any atom is 0.258 e. The largest absolute Gasteiger partial charge is 0.493 e. The monoisotopic (exact) mass is 414 g/mol. The van der Waals surface area contributed by atoms with E-state index in [-0.39, 0.29) is 36.3 Å². The van der Waals surface area contributed by atoms with E-state index in [2.05, 4.69) is 10.6 Å². The van der Waals surface area contributed by atoms with E-state index in [0.29, 0.717) is 22.2 Å². The van der Waals surface area contributed by atoms with Crippen LogP contribution in [0.1, 0.15) is 30.7 Å². The van der Waals surface area contributed by atoms with E-state index in [1.807, 2.05) is 24.3 Å². The number of hydrogen-bond donors (Lipinski definition) is 2. The number of nitrogens with one attached hydrogen (secondary N) is 2. The molecule has 0 bridgehead atoms. The molecule has 2 amide bonds. The fourth-order valence-electron chi connectivity index (χ4n) is 3.35. The summed E-state index contributed by atoms with van der Waals surface area (Å²) in [6.45, 7) is -0.0958. The van der Waals surface area contributed by atoms with Crippen molar-refractivity contribution < 1.29 is 19.1 Å². The zero-order valence-corrected chi connectivity index (χ0v) is 16.9. The van der Waals surface area contributed by atoms with Crippen molar-refractivity contribution in [2.75, 3.05) is 19.0 Å². The van der Waals surface area contributed by atoms with Gasteiger partial charge in [0.1, 0.15) is 0 Å². The molecular weight excluding hydrogens is 392 g/mol. The number of rotatable bonds is 8. The van der Waals surface area contributed by atoms with Crippen molar-refractivity contribution in [1.29, 1.82) is 0 Å². The lowest BCUT2D eigenvalue weighted by Crippen LogP contribution is -2.30. The molecule has 2 unspecified atom stereocenters. The third-order valence-electron chi connectivity index (χ3n) is 5.16. The predicted octanol–water partition coefficient (Wildman–Crippen LogP) is 3.75. The Bertz CT molecular complexity index is 929. The van der Waals surface area contributed by atoms with Gasteiger partial charge in [0.15, 0.2) is 18.1 Å². The quantitative estimate of drug-likeness (QED) is 0.689. The second-order valence-corrected chi connectivity index (χ2v) is 7.86. The van der Waals surface area contributed by atoms with E-state index in [0.717, 1.165) is 24.8 Å². The van der Waals surface area contributed by atoms with Crippen LogP contribution in [0.5, 0.6) is 11.5 Å². The molecule has 4 rings (SSSR count). The number of halogens is 1. The molecule has 2 aromatic carbocycles. The molecule has 0 spiro atoms. The van der Waals surface area contributed by atoms with Gasteiger partial charge in [-0.3, -0.25) is 9.59 Å². The van der Waals surface area contributed by atoms with Gasteiger partial charge >= 0.3 is 0 Å². The van der Waals surface area contributed by atoms with E-state index in [9.17, 15) is 9.59 Å². The predicted molar refractivity (Wildman–Crippen MR) is 111 cm³/mol. The Hall–Kier alpha value is -2.73. The number of methoxy groups -OCH3 is 1. The third kappa shape index (κ3) is 4.82. The van der Waals surface area contributed by atoms with Crippen molar-refractivity contribution in [2.24, 2.45) is 5.92 Å². The molecule has 152 valence electrons. The van der Waals surface area contributed by atoms with Gasteiger partial charge in [0.2, 0.25) is 5.91 Å². The average molecular weight is 415 g/mol. The molecule has 2 atom stereocenters. The van der Waals surface area contributed by atoms with Crippen LogP contribution in [0.15, 0.2) is 42.5 Å². The second kappa shape index (κ2) is 8.33. The Labute approximate surface area is 174 Å². The van der Waals surface area contributed by atoms with Crippen LogP contribution in [0.2, 0.25) is 5.02 Å². The molecule has 2 N–H and O–H groups in total. The standard InChI is InChI=1S/C22H23ClN2O4/c1-28-19-9-8-14(10-20(19)29-12-21(26)24-13-6-7-13)25-22(27)17-11-16(17)15-4-2-3-5-18(15)23/h2-5,8-10,13,16-17H,6-7,11-12H2,1H3,(H,24,26)(H,25,27). The molecular formula is C22H23ClN2O4. The van der Waals surface area contributed by atoms with Crippen LogP contribution in [-0.2, 0) is 9.59 Å². The SMILES string of the molecule is COc1ccc(NC(=O)C2CC2c2ccccc2Cl)cc1OCC(=O)NC1CC1. The summed E-state index contributed by atoms with van der Waals surface area (Å²) in [5, 5.41) is 6.49. The van der Waals surface area contributed by atoms with E-state index in [1.165, 1.54) is 7.11 Å². The number of carbonyl (C=O) groups excluding carboxylic acids is 2. The van der Waals surface area contributed by atoms with E-state index in [1.54, 1.807) is 18.2 Å². The van der Waals surface area contributed by atoms with E-state index in [4.69, 9.17) is 21.1 Å². The highest BCUT2D eigenvalue weighted by Gasteiger charge is 2.44. The highest BCUT2D eigenvalue weighted by atomic mass is 35.5. The summed E-state index contributed by atoms with van der Waals surface area (Å²) in [5.41, 5.74) is 1.60. The Morgan fingerprint density at radius 3 is 2.66 bits per heavy atom. The van der Waals surface area contributed by atoms with Gasteiger partial charge in [-0.25, -0.2) is 0 Å². The first-order chi connectivity index (χ1) is 14.0. The van der Waals surface area contributed by atoms with Crippen molar-refractivity contribution in [2.45, 2.75) is 31.2 Å². The van der Waals surface area contributed by atoms with Crippen LogP contribution in [0.4, 0.5) is 5.69 Å². The van der Waals surface area contributed by atoms with Crippen LogP contribution in [0, 0.1) is 5.92 Å². The topological polar surface area (TPSA) is 76.7 Å². The van der Waals surface area contributed by atoms with Gasteiger partial charge in [0, 0.05) is 28.7 Å². The van der Waals surface area contributed by atoms with Gasteiger partial charge in [0.05, 0.1) is 7.11 Å². The van der Waals surface area contributed by atoms with Crippen LogP contribution in [0.3, 0.4) is 0 Å². The second-order valence-electron chi connectivity index (χ2n) is 7.46. The van der Waals surface area contributed by atoms with Crippen LogP contribution in [0.25, 0.3) is 0 Å². The van der Waals surface area contributed by atoms with Crippen molar-refractivity contribution in [1.82, 2.24) is 5.32 Å². The highest BCUT2D eigenvalue weighted by Crippen LogP contribution is 2.50. The number of hydrogen-bond acceptors (Lipinski definition) is 4. The molecule has 7 heteroatoms. The first kappa shape index (κ1) is 19.6. The number of anilines is 1. The van der Waals surface area contributed by atoms with Gasteiger partial charge in [-0.1, -0.05) is 29.8 Å². The summed E-state index contributed by atoms with van der Waals surface area (Å²) < 4.78 is 10.9. The highest BCUT2D eigenvalue weighted by molar-refractivity contribution is 6.31. The summed E-state index contributed by atoms with van der Waals surface area (Å²) in [7, 11) is 1.53. The Kier molecular flexibility index (Phi) is 5.62. The van der Waals surface area contributed by atoms with Crippen LogP contribution in [-0.4, -0.2) is 31.6 Å². The van der Waals surface area contributed by atoms with Crippen molar-refractivity contribution in [3.05, 3.63) is 53.1 Å². The number of benzene rings is 2. The molecule has 29 heavy (non-hydrogen) atoms. The molecule has 2 saturated carbocycles. The van der Waals surface area contributed by atoms with E-state index < -0.39 is 0 Å². The summed E-state index contributed by atoms with van der Waals surface area (Å²) in [5.74, 6) is 0.730. The van der Waals surface area contributed by atoms with Crippen molar-refractivity contribution in [3.63, 3.8) is 0 Å². The molecule has 2 aliphatic rings. The Morgan fingerprint density at radius 1 is 1.14 bits per heavy atom. The lowest BCUT2D eigenvalue weighted by Gasteiger charge is -2.13. The average Bonchev–Trinajstić information content (AvgIpc) is 3.62. The zero-order chi connectivity index (χ0) is 20.4. The van der Waals surface area contributed by atoms with Crippen LogP contribution < -0.4 is 20.1 Å². The molecule has 2 fully saturated rings. The zero-order valence-electron chi connectivity index (χ0n) is 16.1.